The van der Waals surface area contributed by atoms with Gasteiger partial charge in [0.25, 0.3) is 0 Å². The van der Waals surface area contributed by atoms with Gasteiger partial charge in [0.05, 0.1) is 11.6 Å². The molecule has 1 N–H and O–H groups in total. The molecule has 1 saturated carbocycles. The number of carboxylic acid groups (broad SMARTS) is 1. The molecule has 4 heteroatoms. The van der Waals surface area contributed by atoms with Gasteiger partial charge in [-0.3, -0.25) is 4.79 Å². The monoisotopic (exact) mass is 276 g/mol. The van der Waals surface area contributed by atoms with Crippen molar-refractivity contribution in [2.24, 2.45) is 13.0 Å². The second-order valence-electron chi connectivity index (χ2n) is 6.79. The summed E-state index contributed by atoms with van der Waals surface area (Å²) in [5, 5.41) is 9.20. The molecular weight excluding hydrogens is 252 g/mol. The van der Waals surface area contributed by atoms with Crippen molar-refractivity contribution in [1.82, 2.24) is 9.55 Å². The number of carbonyl (C=O) groups is 1. The molecule has 2 aliphatic carbocycles. The van der Waals surface area contributed by atoms with Crippen LogP contribution in [0, 0.1) is 5.92 Å². The second kappa shape index (κ2) is 4.90. The van der Waals surface area contributed by atoms with Crippen molar-refractivity contribution < 1.29 is 9.90 Å². The number of imidazole rings is 1. The highest BCUT2D eigenvalue weighted by atomic mass is 16.4. The third-order valence-electron chi connectivity index (χ3n) is 5.31. The van der Waals surface area contributed by atoms with Crippen molar-refractivity contribution >= 4 is 5.97 Å². The molecule has 0 radical (unpaired) electrons. The predicted molar refractivity (Wildman–Crippen MR) is 76.8 cm³/mol. The molecule has 1 aromatic heterocycles. The van der Waals surface area contributed by atoms with E-state index < -0.39 is 5.97 Å². The Morgan fingerprint density at radius 1 is 1.35 bits per heavy atom. The Bertz CT molecular complexity index is 527. The van der Waals surface area contributed by atoms with Gasteiger partial charge in [0.15, 0.2) is 0 Å². The van der Waals surface area contributed by atoms with Gasteiger partial charge in [-0.2, -0.15) is 0 Å². The third-order valence-corrected chi connectivity index (χ3v) is 5.31. The van der Waals surface area contributed by atoms with Crippen molar-refractivity contribution in [3.05, 3.63) is 17.2 Å². The Morgan fingerprint density at radius 2 is 2.05 bits per heavy atom. The van der Waals surface area contributed by atoms with Crippen LogP contribution in [0.5, 0.6) is 0 Å². The summed E-state index contributed by atoms with van der Waals surface area (Å²) < 4.78 is 2.26. The molecule has 0 amide bonds. The highest BCUT2D eigenvalue weighted by Crippen LogP contribution is 2.40. The van der Waals surface area contributed by atoms with Gasteiger partial charge in [0.1, 0.15) is 5.82 Å². The number of hydrogen-bond acceptors (Lipinski definition) is 2. The zero-order chi connectivity index (χ0) is 14.3. The Balaban J connectivity index is 1.93. The summed E-state index contributed by atoms with van der Waals surface area (Å²) in [5.41, 5.74) is 2.49. The minimum Gasteiger partial charge on any atom is -0.481 e. The van der Waals surface area contributed by atoms with Gasteiger partial charge >= 0.3 is 5.97 Å². The molecule has 1 atom stereocenters. The highest BCUT2D eigenvalue weighted by molar-refractivity contribution is 5.70. The lowest BCUT2D eigenvalue weighted by Crippen LogP contribution is -2.28. The van der Waals surface area contributed by atoms with Crippen molar-refractivity contribution in [2.45, 2.75) is 63.7 Å². The summed E-state index contributed by atoms with van der Waals surface area (Å²) in [6.07, 6.45) is 8.52. The molecule has 3 rings (SSSR count). The summed E-state index contributed by atoms with van der Waals surface area (Å²) in [7, 11) is 2.11. The van der Waals surface area contributed by atoms with Crippen LogP contribution < -0.4 is 0 Å². The number of aromatic nitrogens is 2. The van der Waals surface area contributed by atoms with E-state index >= 15 is 0 Å². The lowest BCUT2D eigenvalue weighted by molar-refractivity contribution is -0.142. The number of nitrogens with zero attached hydrogens (tertiary/aromatic N) is 2. The van der Waals surface area contributed by atoms with Gasteiger partial charge in [-0.05, 0) is 25.7 Å². The summed E-state index contributed by atoms with van der Waals surface area (Å²) in [6.45, 7) is 2.33. The summed E-state index contributed by atoms with van der Waals surface area (Å²) in [5.74, 6) is 0.268. The fourth-order valence-corrected chi connectivity index (χ4v) is 4.02. The van der Waals surface area contributed by atoms with E-state index in [4.69, 9.17) is 4.98 Å². The van der Waals surface area contributed by atoms with E-state index in [1.54, 1.807) is 0 Å². The van der Waals surface area contributed by atoms with Gasteiger partial charge in [-0.25, -0.2) is 4.98 Å². The molecule has 110 valence electrons. The smallest absolute Gasteiger partial charge is 0.306 e. The lowest BCUT2D eigenvalue weighted by atomic mass is 9.75. The van der Waals surface area contributed by atoms with E-state index in [1.165, 1.54) is 43.6 Å². The highest BCUT2D eigenvalue weighted by Gasteiger charge is 2.36. The Labute approximate surface area is 120 Å². The Morgan fingerprint density at radius 3 is 2.70 bits per heavy atom. The van der Waals surface area contributed by atoms with Crippen LogP contribution in [0.2, 0.25) is 0 Å². The fourth-order valence-electron chi connectivity index (χ4n) is 4.02. The molecule has 1 aromatic rings. The van der Waals surface area contributed by atoms with E-state index in [2.05, 4.69) is 18.5 Å². The largest absolute Gasteiger partial charge is 0.481 e. The van der Waals surface area contributed by atoms with Crippen LogP contribution in [-0.2, 0) is 30.1 Å². The van der Waals surface area contributed by atoms with Crippen LogP contribution >= 0.6 is 0 Å². The van der Waals surface area contributed by atoms with E-state index in [-0.39, 0.29) is 11.3 Å². The van der Waals surface area contributed by atoms with Crippen LogP contribution in [0.15, 0.2) is 0 Å². The van der Waals surface area contributed by atoms with Crippen LogP contribution in [0.25, 0.3) is 0 Å². The SMILES string of the molecule is Cn1c(C2(C)CCCCC2)nc2c1CCC(C(=O)O)C2. The maximum atomic E-state index is 11.2. The topological polar surface area (TPSA) is 55.1 Å². The van der Waals surface area contributed by atoms with Crippen molar-refractivity contribution in [3.8, 4) is 0 Å². The summed E-state index contributed by atoms with van der Waals surface area (Å²) in [6, 6.07) is 0. The molecule has 1 heterocycles. The summed E-state index contributed by atoms with van der Waals surface area (Å²) >= 11 is 0. The van der Waals surface area contributed by atoms with Gasteiger partial charge < -0.3 is 9.67 Å². The van der Waals surface area contributed by atoms with E-state index in [1.807, 2.05) is 0 Å². The number of aliphatic carboxylic acids is 1. The maximum Gasteiger partial charge on any atom is 0.306 e. The Kier molecular flexibility index (Phi) is 3.35. The van der Waals surface area contributed by atoms with E-state index in [9.17, 15) is 9.90 Å². The average molecular weight is 276 g/mol. The first-order valence-corrected chi connectivity index (χ1v) is 7.79. The third kappa shape index (κ3) is 2.15. The van der Waals surface area contributed by atoms with Crippen molar-refractivity contribution in [3.63, 3.8) is 0 Å². The fraction of sp³-hybridized carbons (Fsp3) is 0.750. The van der Waals surface area contributed by atoms with Crippen LogP contribution in [0.4, 0.5) is 0 Å². The van der Waals surface area contributed by atoms with E-state index in [0.717, 1.165) is 18.5 Å². The lowest BCUT2D eigenvalue weighted by Gasteiger charge is -2.33. The number of rotatable bonds is 2. The molecule has 0 aliphatic heterocycles. The normalized spacial score (nSPS) is 25.2. The number of carboxylic acids is 1. The molecule has 0 saturated heterocycles. The molecule has 4 nitrogen and oxygen atoms in total. The molecule has 2 aliphatic rings. The molecule has 0 spiro atoms. The van der Waals surface area contributed by atoms with Gasteiger partial charge in [0, 0.05) is 24.6 Å². The molecule has 20 heavy (non-hydrogen) atoms. The first-order chi connectivity index (χ1) is 9.51. The quantitative estimate of drug-likeness (QED) is 0.903. The minimum absolute atomic E-state index is 0.184. The second-order valence-corrected chi connectivity index (χ2v) is 6.79. The maximum absolute atomic E-state index is 11.2. The zero-order valence-electron chi connectivity index (χ0n) is 12.5. The van der Waals surface area contributed by atoms with Crippen LogP contribution in [-0.4, -0.2) is 20.6 Å². The minimum atomic E-state index is -0.674. The van der Waals surface area contributed by atoms with Crippen molar-refractivity contribution in [1.29, 1.82) is 0 Å². The van der Waals surface area contributed by atoms with Crippen molar-refractivity contribution in [2.75, 3.05) is 0 Å². The standard InChI is InChI=1S/C16H24N2O2/c1-16(8-4-3-5-9-16)15-17-12-10-11(14(19)20)6-7-13(12)18(15)2/h11H,3-10H2,1-2H3,(H,19,20). The number of fused-ring (bicyclic) bond motifs is 1. The average Bonchev–Trinajstić information content (AvgIpc) is 2.77. The van der Waals surface area contributed by atoms with E-state index in [0.29, 0.717) is 6.42 Å². The molecule has 0 aromatic carbocycles. The zero-order valence-corrected chi connectivity index (χ0v) is 12.5. The predicted octanol–water partition coefficient (Wildman–Crippen LogP) is 2.83. The van der Waals surface area contributed by atoms with Crippen LogP contribution in [0.1, 0.15) is 62.7 Å². The van der Waals surface area contributed by atoms with Gasteiger partial charge in [-0.1, -0.05) is 26.2 Å². The molecule has 1 fully saturated rings. The summed E-state index contributed by atoms with van der Waals surface area (Å²) in [4.78, 5) is 16.1. The number of hydrogen-bond donors (Lipinski definition) is 1. The first-order valence-electron chi connectivity index (χ1n) is 7.79. The van der Waals surface area contributed by atoms with Gasteiger partial charge in [0.2, 0.25) is 0 Å². The molecule has 0 bridgehead atoms. The molecule has 1 unspecified atom stereocenters. The van der Waals surface area contributed by atoms with Crippen LogP contribution in [0.3, 0.4) is 0 Å². The Hall–Kier alpha value is -1.32. The molecular formula is C16H24N2O2. The first kappa shape index (κ1) is 13.7. The van der Waals surface area contributed by atoms with Gasteiger partial charge in [-0.15, -0.1) is 0 Å².